The largest absolute Gasteiger partial charge is 0.0955 e. The Labute approximate surface area is 249 Å². The molecule has 0 heteroatoms. The number of fused-ring (bicyclic) bond motifs is 1. The zero-order valence-corrected chi connectivity index (χ0v) is 26.0. The van der Waals surface area contributed by atoms with Gasteiger partial charge in [0.15, 0.2) is 0 Å². The van der Waals surface area contributed by atoms with Crippen LogP contribution in [0.4, 0.5) is 0 Å². The van der Waals surface area contributed by atoms with Crippen LogP contribution < -0.4 is 0 Å². The van der Waals surface area contributed by atoms with E-state index in [4.69, 9.17) is 6.58 Å². The molecule has 0 aliphatic heterocycles. The van der Waals surface area contributed by atoms with Gasteiger partial charge < -0.3 is 0 Å². The van der Waals surface area contributed by atoms with Gasteiger partial charge >= 0.3 is 0 Å². The van der Waals surface area contributed by atoms with Crippen molar-refractivity contribution in [3.05, 3.63) is 159 Å². The molecule has 0 nitrogen and oxygen atoms in total. The Morgan fingerprint density at radius 3 is 2.15 bits per heavy atom. The van der Waals surface area contributed by atoms with Gasteiger partial charge in [0.2, 0.25) is 0 Å². The van der Waals surface area contributed by atoms with E-state index in [-0.39, 0.29) is 5.92 Å². The molecule has 41 heavy (non-hydrogen) atoms. The molecular weight excluding hydrogens is 492 g/mol. The molecule has 3 atom stereocenters. The van der Waals surface area contributed by atoms with Crippen molar-refractivity contribution in [3.63, 3.8) is 0 Å². The van der Waals surface area contributed by atoms with Crippen LogP contribution in [0.15, 0.2) is 137 Å². The molecule has 2 aromatic carbocycles. The van der Waals surface area contributed by atoms with E-state index in [1.807, 2.05) is 0 Å². The Morgan fingerprint density at radius 1 is 0.878 bits per heavy atom. The second-order valence-corrected chi connectivity index (χ2v) is 12.5. The van der Waals surface area contributed by atoms with E-state index in [9.17, 15) is 0 Å². The summed E-state index contributed by atoms with van der Waals surface area (Å²) in [5.74, 6) is 0.891. The first-order valence-electron chi connectivity index (χ1n) is 15.4. The van der Waals surface area contributed by atoms with Crippen molar-refractivity contribution in [2.24, 2.45) is 5.92 Å². The molecule has 2 aromatic rings. The van der Waals surface area contributed by atoms with E-state index < -0.39 is 0 Å². The van der Waals surface area contributed by atoms with Crippen LogP contribution in [0.1, 0.15) is 94.9 Å². The highest BCUT2D eigenvalue weighted by molar-refractivity contribution is 5.65. The fourth-order valence-electron chi connectivity index (χ4n) is 7.36. The van der Waals surface area contributed by atoms with Crippen molar-refractivity contribution in [1.82, 2.24) is 0 Å². The highest BCUT2D eigenvalue weighted by atomic mass is 14.4. The third-order valence-corrected chi connectivity index (χ3v) is 9.53. The van der Waals surface area contributed by atoms with Gasteiger partial charge in [0.1, 0.15) is 0 Å². The second kappa shape index (κ2) is 11.7. The summed E-state index contributed by atoms with van der Waals surface area (Å²) in [6, 6.07) is 18.3. The summed E-state index contributed by atoms with van der Waals surface area (Å²) in [5, 5.41) is 0. The van der Waals surface area contributed by atoms with Crippen molar-refractivity contribution in [3.8, 4) is 0 Å². The normalized spacial score (nSPS) is 23.2. The van der Waals surface area contributed by atoms with Crippen molar-refractivity contribution in [2.45, 2.75) is 79.1 Å². The van der Waals surface area contributed by atoms with Gasteiger partial charge in [-0.3, -0.25) is 0 Å². The van der Waals surface area contributed by atoms with Gasteiger partial charge in [0.25, 0.3) is 0 Å². The Morgan fingerprint density at radius 2 is 1.54 bits per heavy atom. The van der Waals surface area contributed by atoms with E-state index in [0.717, 1.165) is 31.3 Å². The first-order chi connectivity index (χ1) is 19.6. The molecule has 0 aromatic heterocycles. The molecule has 1 saturated carbocycles. The lowest BCUT2D eigenvalue weighted by atomic mass is 9.69. The van der Waals surface area contributed by atoms with Crippen LogP contribution in [0.2, 0.25) is 0 Å². The molecule has 0 heterocycles. The van der Waals surface area contributed by atoms with Gasteiger partial charge in [-0.25, -0.2) is 0 Å². The van der Waals surface area contributed by atoms with Gasteiger partial charge in [0, 0.05) is 17.8 Å². The van der Waals surface area contributed by atoms with Crippen LogP contribution >= 0.6 is 0 Å². The number of hydrogen-bond acceptors (Lipinski definition) is 0. The van der Waals surface area contributed by atoms with Crippen molar-refractivity contribution in [1.29, 1.82) is 0 Å². The Balaban J connectivity index is 1.52. The van der Waals surface area contributed by atoms with E-state index in [1.54, 1.807) is 0 Å². The zero-order chi connectivity index (χ0) is 29.4. The molecule has 0 spiro atoms. The van der Waals surface area contributed by atoms with Crippen molar-refractivity contribution in [2.75, 3.05) is 0 Å². The van der Waals surface area contributed by atoms with E-state index >= 15 is 0 Å². The van der Waals surface area contributed by atoms with Crippen molar-refractivity contribution < 1.29 is 0 Å². The lowest BCUT2D eigenvalue weighted by Gasteiger charge is -2.34. The maximum atomic E-state index is 4.77. The van der Waals surface area contributed by atoms with E-state index in [0.29, 0.717) is 11.8 Å². The summed E-state index contributed by atoms with van der Waals surface area (Å²) < 4.78 is 0. The average molecular weight is 539 g/mol. The average Bonchev–Trinajstić information content (AvgIpc) is 3.41. The lowest BCUT2D eigenvalue weighted by molar-refractivity contribution is 0.619. The molecule has 0 saturated heterocycles. The fourth-order valence-corrected chi connectivity index (χ4v) is 7.36. The molecule has 0 N–H and O–H groups in total. The third kappa shape index (κ3) is 5.38. The van der Waals surface area contributed by atoms with Gasteiger partial charge in [-0.2, -0.15) is 0 Å². The quantitative estimate of drug-likeness (QED) is 0.313. The standard InChI is InChI=1S/C41H46/c1-10-12-26(5)38-27(6)22-37-24-36(30(9)40(37)41(38)34-15-13-31(11-2)14-16-34)23-35-21-28(7)39(29(35)8)33-19-17-32(18-20-33)25(3)4/h13-23,39-41H,3,5,9-12,24H2,1-2,4,6-8H3/b36-23+. The molecule has 3 unspecified atom stereocenters. The van der Waals surface area contributed by atoms with Crippen LogP contribution in [0.25, 0.3) is 5.57 Å². The van der Waals surface area contributed by atoms with E-state index in [1.165, 1.54) is 72.4 Å². The number of aryl methyl sites for hydroxylation is 1. The summed E-state index contributed by atoms with van der Waals surface area (Å²) >= 11 is 0. The molecule has 0 bridgehead atoms. The monoisotopic (exact) mass is 538 g/mol. The second-order valence-electron chi connectivity index (χ2n) is 12.5. The minimum Gasteiger partial charge on any atom is -0.0955 e. The van der Waals surface area contributed by atoms with Crippen molar-refractivity contribution >= 4 is 5.57 Å². The Kier molecular flexibility index (Phi) is 8.23. The summed E-state index contributed by atoms with van der Waals surface area (Å²) in [4.78, 5) is 0. The SMILES string of the molecule is C=C(CCC)C1=C(C)C=C2C/C(=C\C3=C(C)C(c4ccc(C(=C)C)cc4)C(C)=C3)C(=C)C2C1c1ccc(CC)cc1. The zero-order valence-electron chi connectivity index (χ0n) is 26.0. The number of allylic oxidation sites excluding steroid dienone is 13. The first-order valence-corrected chi connectivity index (χ1v) is 15.4. The molecule has 3 aliphatic rings. The van der Waals surface area contributed by atoms with Gasteiger partial charge in [-0.15, -0.1) is 0 Å². The minimum absolute atomic E-state index is 0.272. The molecule has 1 fully saturated rings. The smallest absolute Gasteiger partial charge is 0.0264 e. The molecule has 3 aliphatic carbocycles. The summed E-state index contributed by atoms with van der Waals surface area (Å²) in [6.07, 6.45) is 11.5. The van der Waals surface area contributed by atoms with Gasteiger partial charge in [-0.05, 0) is 97.1 Å². The van der Waals surface area contributed by atoms with Crippen LogP contribution in [0, 0.1) is 5.92 Å². The summed E-state index contributed by atoms with van der Waals surface area (Å²) in [6.45, 7) is 26.9. The molecule has 0 radical (unpaired) electrons. The Hall–Kier alpha value is -3.64. The third-order valence-electron chi connectivity index (χ3n) is 9.53. The maximum Gasteiger partial charge on any atom is 0.0264 e. The lowest BCUT2D eigenvalue weighted by Crippen LogP contribution is -2.21. The molecule has 5 rings (SSSR count). The topological polar surface area (TPSA) is 0 Å². The summed E-state index contributed by atoms with van der Waals surface area (Å²) in [7, 11) is 0. The van der Waals surface area contributed by atoms with Crippen LogP contribution in [-0.4, -0.2) is 0 Å². The van der Waals surface area contributed by atoms with Crippen LogP contribution in [0.5, 0.6) is 0 Å². The Bertz CT molecular complexity index is 1550. The van der Waals surface area contributed by atoms with Crippen LogP contribution in [-0.2, 0) is 6.42 Å². The number of benzene rings is 2. The molecule has 0 amide bonds. The molecular formula is C41H46. The highest BCUT2D eigenvalue weighted by Crippen LogP contribution is 2.55. The predicted molar refractivity (Wildman–Crippen MR) is 179 cm³/mol. The highest BCUT2D eigenvalue weighted by Gasteiger charge is 2.41. The molecule has 210 valence electrons. The fraction of sp³-hybridized carbons (Fsp3) is 0.317. The van der Waals surface area contributed by atoms with E-state index in [2.05, 4.69) is 121 Å². The number of rotatable bonds is 8. The van der Waals surface area contributed by atoms with Crippen LogP contribution in [0.3, 0.4) is 0 Å². The maximum absolute atomic E-state index is 4.77. The van der Waals surface area contributed by atoms with Gasteiger partial charge in [-0.1, -0.05) is 135 Å². The number of hydrogen-bond donors (Lipinski definition) is 0. The van der Waals surface area contributed by atoms with Gasteiger partial charge in [0.05, 0.1) is 0 Å². The first kappa shape index (κ1) is 28.9. The predicted octanol–water partition coefficient (Wildman–Crippen LogP) is 11.5. The summed E-state index contributed by atoms with van der Waals surface area (Å²) in [5.41, 5.74) is 18.8. The minimum atomic E-state index is 0.272.